The Labute approximate surface area is 57.0 Å². The summed E-state index contributed by atoms with van der Waals surface area (Å²) in [5.41, 5.74) is 0. The lowest BCUT2D eigenvalue weighted by atomic mass is 9.82. The van der Waals surface area contributed by atoms with E-state index in [1.807, 2.05) is 0 Å². The summed E-state index contributed by atoms with van der Waals surface area (Å²) in [4.78, 5) is 0. The van der Waals surface area contributed by atoms with Gasteiger partial charge in [-0.05, 0) is 11.8 Å². The maximum Gasteiger partial charge on any atom is -0.0417 e. The molecular weight excluding hydrogens is 115 g/mol. The van der Waals surface area contributed by atoms with Crippen LogP contribution in [0.2, 0.25) is 0 Å². The Kier molecular flexibility index (Phi) is 3.83. The first-order chi connectivity index (χ1) is 3.80. The van der Waals surface area contributed by atoms with E-state index in [1.165, 1.54) is 25.7 Å². The van der Waals surface area contributed by atoms with Gasteiger partial charge in [-0.15, -0.1) is 0 Å². The Hall–Kier alpha value is -0.0700. The van der Waals surface area contributed by atoms with E-state index in [1.54, 1.807) is 0 Å². The number of halogens is 1. The van der Waals surface area contributed by atoms with Gasteiger partial charge in [-0.2, -0.15) is 0 Å². The van der Waals surface area contributed by atoms with Crippen LogP contribution >= 0.6 is 0 Å². The zero-order valence-corrected chi connectivity index (χ0v) is 6.39. The van der Waals surface area contributed by atoms with Gasteiger partial charge in [0.1, 0.15) is 0 Å². The van der Waals surface area contributed by atoms with E-state index in [-0.39, 0.29) is 4.70 Å². The molecule has 9 heavy (non-hydrogen) atoms. The molecule has 1 aliphatic rings. The summed E-state index contributed by atoms with van der Waals surface area (Å²) in [7, 11) is 0. The average Bonchev–Trinajstić information content (AvgIpc) is 1.77. The molecule has 1 heteroatoms. The molecule has 1 rings (SSSR count). The molecule has 1 fully saturated rings. The third kappa shape index (κ3) is 2.33. The topological polar surface area (TPSA) is 0 Å². The first kappa shape index (κ1) is 8.93. The van der Waals surface area contributed by atoms with Crippen molar-refractivity contribution in [3.05, 3.63) is 0 Å². The second-order valence-corrected chi connectivity index (χ2v) is 3.24. The van der Waals surface area contributed by atoms with E-state index >= 15 is 0 Å². The minimum absolute atomic E-state index is 0. The Morgan fingerprint density at radius 2 is 1.22 bits per heavy atom. The smallest absolute Gasteiger partial charge is 0.0417 e. The molecule has 0 radical (unpaired) electrons. The predicted octanol–water partition coefficient (Wildman–Crippen LogP) is 2.99. The lowest BCUT2D eigenvalue weighted by Crippen LogP contribution is -2.12. The summed E-state index contributed by atoms with van der Waals surface area (Å²) >= 11 is 0. The molecule has 0 amide bonds. The summed E-state index contributed by atoms with van der Waals surface area (Å²) in [5.74, 6) is 2.01. The van der Waals surface area contributed by atoms with Crippen molar-refractivity contribution in [3.8, 4) is 0 Å². The van der Waals surface area contributed by atoms with Crippen LogP contribution in [0.25, 0.3) is 0 Å². The Bertz CT molecular complexity index is 61.0. The molecule has 2 atom stereocenters. The van der Waals surface area contributed by atoms with Crippen LogP contribution in [-0.4, -0.2) is 0 Å². The van der Waals surface area contributed by atoms with Crippen molar-refractivity contribution in [2.45, 2.75) is 39.5 Å². The summed E-state index contributed by atoms with van der Waals surface area (Å²) in [6.07, 6.45) is 5.90. The molecule has 0 aromatic rings. The van der Waals surface area contributed by atoms with Crippen molar-refractivity contribution in [1.82, 2.24) is 0 Å². The van der Waals surface area contributed by atoms with Gasteiger partial charge in [0.2, 0.25) is 0 Å². The molecule has 0 N–H and O–H groups in total. The maximum atomic E-state index is 2.38. The highest BCUT2D eigenvalue weighted by Gasteiger charge is 2.15. The molecule has 0 bridgehead atoms. The van der Waals surface area contributed by atoms with Gasteiger partial charge < -0.3 is 0 Å². The van der Waals surface area contributed by atoms with Gasteiger partial charge in [-0.3, -0.25) is 4.70 Å². The highest BCUT2D eigenvalue weighted by molar-refractivity contribution is 4.67. The van der Waals surface area contributed by atoms with Crippen molar-refractivity contribution < 1.29 is 4.70 Å². The van der Waals surface area contributed by atoms with Crippen molar-refractivity contribution in [1.29, 1.82) is 0 Å². The fourth-order valence-electron chi connectivity index (χ4n) is 1.50. The predicted molar refractivity (Wildman–Crippen MR) is 39.3 cm³/mol. The molecule has 56 valence electrons. The van der Waals surface area contributed by atoms with Crippen LogP contribution in [-0.2, 0) is 0 Å². The first-order valence-electron chi connectivity index (χ1n) is 3.80. The molecule has 0 aliphatic heterocycles. The molecule has 0 saturated heterocycles. The fourth-order valence-corrected chi connectivity index (χ4v) is 1.50. The molecule has 0 nitrogen and oxygen atoms in total. The zero-order chi connectivity index (χ0) is 5.98. The van der Waals surface area contributed by atoms with E-state index < -0.39 is 0 Å². The summed E-state index contributed by atoms with van der Waals surface area (Å²) < 4.78 is 0. The van der Waals surface area contributed by atoms with Gasteiger partial charge in [0.25, 0.3) is 0 Å². The van der Waals surface area contributed by atoms with Crippen LogP contribution in [0.1, 0.15) is 39.5 Å². The molecular formula is C8H17F. The highest BCUT2D eigenvalue weighted by atomic mass is 19.0. The average molecular weight is 132 g/mol. The van der Waals surface area contributed by atoms with Crippen LogP contribution < -0.4 is 0 Å². The van der Waals surface area contributed by atoms with Gasteiger partial charge in [-0.1, -0.05) is 39.5 Å². The standard InChI is InChI=1S/C8H16.FH/c1-7-5-3-4-6-8(7)2;/h7-8H,3-6H2,1-2H3;1H. The van der Waals surface area contributed by atoms with Crippen LogP contribution in [0.4, 0.5) is 4.70 Å². The van der Waals surface area contributed by atoms with E-state index in [9.17, 15) is 0 Å². The fraction of sp³-hybridized carbons (Fsp3) is 1.00. The lowest BCUT2D eigenvalue weighted by Gasteiger charge is -2.24. The molecule has 1 aliphatic carbocycles. The monoisotopic (exact) mass is 132 g/mol. The largest absolute Gasteiger partial charge is 0.269 e. The summed E-state index contributed by atoms with van der Waals surface area (Å²) in [5, 5.41) is 0. The highest BCUT2D eigenvalue weighted by Crippen LogP contribution is 2.28. The van der Waals surface area contributed by atoms with Crippen molar-refractivity contribution >= 4 is 0 Å². The number of rotatable bonds is 0. The number of hydrogen-bond donors (Lipinski definition) is 0. The van der Waals surface area contributed by atoms with E-state index in [0.29, 0.717) is 0 Å². The molecule has 0 aromatic heterocycles. The van der Waals surface area contributed by atoms with Gasteiger partial charge in [0.05, 0.1) is 0 Å². The van der Waals surface area contributed by atoms with Crippen LogP contribution in [0.3, 0.4) is 0 Å². The molecule has 1 saturated carbocycles. The minimum atomic E-state index is 0. The van der Waals surface area contributed by atoms with Gasteiger partial charge in [0, 0.05) is 0 Å². The quantitative estimate of drug-likeness (QED) is 0.475. The van der Waals surface area contributed by atoms with Crippen molar-refractivity contribution in [2.75, 3.05) is 0 Å². The molecule has 0 aromatic carbocycles. The molecule has 2 unspecified atom stereocenters. The third-order valence-corrected chi connectivity index (χ3v) is 2.54. The van der Waals surface area contributed by atoms with Gasteiger partial charge in [-0.25, -0.2) is 0 Å². The van der Waals surface area contributed by atoms with Crippen LogP contribution in [0.15, 0.2) is 0 Å². The molecule has 0 heterocycles. The Morgan fingerprint density at radius 3 is 1.44 bits per heavy atom. The van der Waals surface area contributed by atoms with Crippen LogP contribution in [0, 0.1) is 11.8 Å². The second-order valence-electron chi connectivity index (χ2n) is 3.24. The van der Waals surface area contributed by atoms with Crippen molar-refractivity contribution in [3.63, 3.8) is 0 Å². The minimum Gasteiger partial charge on any atom is -0.269 e. The number of hydrogen-bond acceptors (Lipinski definition) is 0. The van der Waals surface area contributed by atoms with E-state index in [4.69, 9.17) is 0 Å². The lowest BCUT2D eigenvalue weighted by molar-refractivity contribution is 0.277. The van der Waals surface area contributed by atoms with E-state index in [0.717, 1.165) is 11.8 Å². The maximum absolute atomic E-state index is 2.38. The van der Waals surface area contributed by atoms with Gasteiger partial charge in [0.15, 0.2) is 0 Å². The Balaban J connectivity index is 0.000000640. The summed E-state index contributed by atoms with van der Waals surface area (Å²) in [6, 6.07) is 0. The van der Waals surface area contributed by atoms with Crippen molar-refractivity contribution in [2.24, 2.45) is 11.8 Å². The normalized spacial score (nSPS) is 35.3. The van der Waals surface area contributed by atoms with Gasteiger partial charge >= 0.3 is 0 Å². The zero-order valence-electron chi connectivity index (χ0n) is 6.39. The third-order valence-electron chi connectivity index (χ3n) is 2.54. The first-order valence-corrected chi connectivity index (χ1v) is 3.80. The van der Waals surface area contributed by atoms with E-state index in [2.05, 4.69) is 13.8 Å². The second kappa shape index (κ2) is 3.86. The Morgan fingerprint density at radius 1 is 0.889 bits per heavy atom. The SMILES string of the molecule is CC1CCCCC1C.F. The summed E-state index contributed by atoms with van der Waals surface area (Å²) in [6.45, 7) is 4.76. The van der Waals surface area contributed by atoms with Crippen LogP contribution in [0.5, 0.6) is 0 Å². The molecule has 0 spiro atoms.